The predicted molar refractivity (Wildman–Crippen MR) is 78.8 cm³/mol. The highest BCUT2D eigenvalue weighted by molar-refractivity contribution is 7.15. The molecule has 0 bridgehead atoms. The average Bonchev–Trinajstić information content (AvgIpc) is 2.94. The number of rotatable bonds is 5. The quantitative estimate of drug-likeness (QED) is 0.842. The van der Waals surface area contributed by atoms with E-state index in [-0.39, 0.29) is 0 Å². The summed E-state index contributed by atoms with van der Waals surface area (Å²) in [6, 6.07) is 15.1. The third-order valence-corrected chi connectivity index (χ3v) is 4.81. The van der Waals surface area contributed by atoms with Gasteiger partial charge in [-0.25, -0.2) is 0 Å². The number of hydrogen-bond donors (Lipinski definition) is 1. The molecule has 1 saturated carbocycles. The zero-order valence-corrected chi connectivity index (χ0v) is 11.6. The third-order valence-electron chi connectivity index (χ3n) is 3.67. The average molecular weight is 257 g/mol. The third kappa shape index (κ3) is 2.82. The summed E-state index contributed by atoms with van der Waals surface area (Å²) in [5.74, 6) is 0. The molecule has 0 spiro atoms. The molecule has 3 rings (SSSR count). The Morgan fingerprint density at radius 2 is 1.89 bits per heavy atom. The zero-order chi connectivity index (χ0) is 12.4. The molecule has 1 aliphatic rings. The topological polar surface area (TPSA) is 12.0 Å². The highest BCUT2D eigenvalue weighted by atomic mass is 32.1. The molecule has 1 aliphatic carbocycles. The van der Waals surface area contributed by atoms with E-state index < -0.39 is 0 Å². The maximum absolute atomic E-state index is 3.58. The lowest BCUT2D eigenvalue weighted by atomic mass is 10.1. The molecule has 1 nitrogen and oxygen atoms in total. The molecule has 0 unspecified atom stereocenters. The minimum absolute atomic E-state index is 0.597. The standard InChI is InChI=1S/C16H19NS/c1-16(9-10-16)12-17-11-14-7-8-15(18-14)13-5-3-2-4-6-13/h2-8,17H,9-12H2,1H3. The van der Waals surface area contributed by atoms with Crippen LogP contribution in [0.25, 0.3) is 10.4 Å². The van der Waals surface area contributed by atoms with E-state index in [4.69, 9.17) is 0 Å². The van der Waals surface area contributed by atoms with Crippen molar-refractivity contribution in [2.75, 3.05) is 6.54 Å². The fourth-order valence-corrected chi connectivity index (χ4v) is 3.09. The van der Waals surface area contributed by atoms with Gasteiger partial charge in [0.1, 0.15) is 0 Å². The van der Waals surface area contributed by atoms with E-state index in [0.717, 1.165) is 13.1 Å². The van der Waals surface area contributed by atoms with E-state index in [2.05, 4.69) is 54.7 Å². The SMILES string of the molecule is CC1(CNCc2ccc(-c3ccccc3)s2)CC1. The molecular weight excluding hydrogens is 238 g/mol. The molecule has 1 fully saturated rings. The van der Waals surface area contributed by atoms with Crippen molar-refractivity contribution < 1.29 is 0 Å². The van der Waals surface area contributed by atoms with E-state index >= 15 is 0 Å². The van der Waals surface area contributed by atoms with Crippen molar-refractivity contribution in [2.45, 2.75) is 26.3 Å². The molecule has 0 radical (unpaired) electrons. The van der Waals surface area contributed by atoms with Gasteiger partial charge in [0.05, 0.1) is 0 Å². The molecule has 0 amide bonds. The van der Waals surface area contributed by atoms with E-state index in [9.17, 15) is 0 Å². The highest BCUT2D eigenvalue weighted by Gasteiger charge is 2.36. The normalized spacial score (nSPS) is 16.7. The van der Waals surface area contributed by atoms with Crippen LogP contribution in [0.15, 0.2) is 42.5 Å². The number of hydrogen-bond acceptors (Lipinski definition) is 2. The molecule has 0 atom stereocenters. The van der Waals surface area contributed by atoms with Crippen LogP contribution in [-0.4, -0.2) is 6.54 Å². The number of thiophene rings is 1. The first kappa shape index (κ1) is 11.9. The second-order valence-electron chi connectivity index (χ2n) is 5.55. The molecule has 0 saturated heterocycles. The molecule has 18 heavy (non-hydrogen) atoms. The summed E-state index contributed by atoms with van der Waals surface area (Å²) in [6.07, 6.45) is 2.78. The molecule has 2 heteroatoms. The minimum atomic E-state index is 0.597. The smallest absolute Gasteiger partial charge is 0.0346 e. The van der Waals surface area contributed by atoms with Crippen LogP contribution in [0, 0.1) is 5.41 Å². The molecule has 0 aliphatic heterocycles. The van der Waals surface area contributed by atoms with Gasteiger partial charge in [0.15, 0.2) is 0 Å². The number of benzene rings is 1. The van der Waals surface area contributed by atoms with Crippen LogP contribution < -0.4 is 5.32 Å². The first-order valence-electron chi connectivity index (χ1n) is 6.60. The van der Waals surface area contributed by atoms with Crippen molar-refractivity contribution in [1.29, 1.82) is 0 Å². The maximum Gasteiger partial charge on any atom is 0.0346 e. The summed E-state index contributed by atoms with van der Waals surface area (Å²) in [5.41, 5.74) is 1.92. The van der Waals surface area contributed by atoms with Gasteiger partial charge in [-0.2, -0.15) is 0 Å². The van der Waals surface area contributed by atoms with Crippen molar-refractivity contribution in [3.63, 3.8) is 0 Å². The fraction of sp³-hybridized carbons (Fsp3) is 0.375. The molecule has 1 N–H and O–H groups in total. The maximum atomic E-state index is 3.58. The van der Waals surface area contributed by atoms with Gasteiger partial charge in [-0.3, -0.25) is 0 Å². The Morgan fingerprint density at radius 1 is 1.11 bits per heavy atom. The van der Waals surface area contributed by atoms with E-state index in [1.54, 1.807) is 0 Å². The largest absolute Gasteiger partial charge is 0.311 e. The Balaban J connectivity index is 1.59. The lowest BCUT2D eigenvalue weighted by Crippen LogP contribution is -2.20. The molecule has 1 heterocycles. The summed E-state index contributed by atoms with van der Waals surface area (Å²) in [5, 5.41) is 3.58. The lowest BCUT2D eigenvalue weighted by molar-refractivity contribution is 0.501. The fourth-order valence-electron chi connectivity index (χ4n) is 2.11. The first-order chi connectivity index (χ1) is 8.75. The molecule has 2 aromatic rings. The van der Waals surface area contributed by atoms with Gasteiger partial charge < -0.3 is 5.32 Å². The van der Waals surface area contributed by atoms with Gasteiger partial charge in [0, 0.05) is 22.8 Å². The predicted octanol–water partition coefficient (Wildman–Crippen LogP) is 4.30. The van der Waals surface area contributed by atoms with Gasteiger partial charge in [-0.1, -0.05) is 37.3 Å². The van der Waals surface area contributed by atoms with Gasteiger partial charge in [0.2, 0.25) is 0 Å². The Morgan fingerprint density at radius 3 is 2.61 bits per heavy atom. The molecule has 1 aromatic carbocycles. The van der Waals surface area contributed by atoms with Gasteiger partial charge in [-0.15, -0.1) is 11.3 Å². The molecule has 94 valence electrons. The molecule has 1 aromatic heterocycles. The van der Waals surface area contributed by atoms with Crippen LogP contribution in [0.5, 0.6) is 0 Å². The van der Waals surface area contributed by atoms with E-state index in [0.29, 0.717) is 5.41 Å². The Labute approximate surface area is 113 Å². The number of nitrogens with one attached hydrogen (secondary N) is 1. The summed E-state index contributed by atoms with van der Waals surface area (Å²) < 4.78 is 0. The zero-order valence-electron chi connectivity index (χ0n) is 10.8. The van der Waals surface area contributed by atoms with Crippen LogP contribution in [0.1, 0.15) is 24.6 Å². The molecular formula is C16H19NS. The van der Waals surface area contributed by atoms with E-state index in [1.165, 1.54) is 28.2 Å². The summed E-state index contributed by atoms with van der Waals surface area (Å²) in [6.45, 7) is 4.53. The highest BCUT2D eigenvalue weighted by Crippen LogP contribution is 2.44. The van der Waals surface area contributed by atoms with Crippen molar-refractivity contribution in [1.82, 2.24) is 5.32 Å². The Kier molecular flexibility index (Phi) is 3.23. The Hall–Kier alpha value is -1.12. The van der Waals surface area contributed by atoms with Crippen LogP contribution in [-0.2, 0) is 6.54 Å². The monoisotopic (exact) mass is 257 g/mol. The van der Waals surface area contributed by atoms with Crippen LogP contribution in [0.3, 0.4) is 0 Å². The van der Waals surface area contributed by atoms with Crippen molar-refractivity contribution in [3.8, 4) is 10.4 Å². The lowest BCUT2D eigenvalue weighted by Gasteiger charge is -2.08. The van der Waals surface area contributed by atoms with Gasteiger partial charge >= 0.3 is 0 Å². The van der Waals surface area contributed by atoms with Crippen LogP contribution in [0.4, 0.5) is 0 Å². The van der Waals surface area contributed by atoms with Gasteiger partial charge in [0.25, 0.3) is 0 Å². The summed E-state index contributed by atoms with van der Waals surface area (Å²) in [7, 11) is 0. The van der Waals surface area contributed by atoms with Crippen molar-refractivity contribution >= 4 is 11.3 Å². The first-order valence-corrected chi connectivity index (χ1v) is 7.42. The second-order valence-corrected chi connectivity index (χ2v) is 6.71. The second kappa shape index (κ2) is 4.87. The van der Waals surface area contributed by atoms with E-state index in [1.807, 2.05) is 11.3 Å². The van der Waals surface area contributed by atoms with Crippen LogP contribution >= 0.6 is 11.3 Å². The summed E-state index contributed by atoms with van der Waals surface area (Å²) >= 11 is 1.89. The van der Waals surface area contributed by atoms with Crippen molar-refractivity contribution in [2.24, 2.45) is 5.41 Å². The summed E-state index contributed by atoms with van der Waals surface area (Å²) in [4.78, 5) is 2.79. The van der Waals surface area contributed by atoms with Crippen molar-refractivity contribution in [3.05, 3.63) is 47.3 Å². The Bertz CT molecular complexity index is 511. The van der Waals surface area contributed by atoms with Gasteiger partial charge in [-0.05, 0) is 36.0 Å². The van der Waals surface area contributed by atoms with Crippen LogP contribution in [0.2, 0.25) is 0 Å². The minimum Gasteiger partial charge on any atom is -0.311 e.